The van der Waals surface area contributed by atoms with Crippen molar-refractivity contribution in [3.8, 4) is 6.07 Å². The van der Waals surface area contributed by atoms with Crippen molar-refractivity contribution >= 4 is 51.2 Å². The average Bonchev–Trinajstić information content (AvgIpc) is 2.98. The van der Waals surface area contributed by atoms with Crippen molar-refractivity contribution in [2.75, 3.05) is 35.8 Å². The van der Waals surface area contributed by atoms with Crippen LogP contribution in [0.1, 0.15) is 15.9 Å². The Morgan fingerprint density at radius 1 is 0.923 bits per heavy atom. The van der Waals surface area contributed by atoms with E-state index in [-0.39, 0.29) is 11.9 Å². The molecule has 0 bridgehead atoms. The number of nitriles is 1. The molecule has 0 saturated carbocycles. The van der Waals surface area contributed by atoms with E-state index in [1.54, 1.807) is 82.7 Å². The molecule has 0 radical (unpaired) electrons. The number of anilines is 3. The van der Waals surface area contributed by atoms with Gasteiger partial charge in [0.2, 0.25) is 0 Å². The fraction of sp³-hybridized carbons (Fsp3) is 0.143. The van der Waals surface area contributed by atoms with Gasteiger partial charge in [-0.15, -0.1) is 0 Å². The molecule has 1 fully saturated rings. The summed E-state index contributed by atoms with van der Waals surface area (Å²) in [6.45, 7) is 1.45. The Kier molecular flexibility index (Phi) is 7.49. The lowest BCUT2D eigenvalue weighted by Crippen LogP contribution is -2.51. The summed E-state index contributed by atoms with van der Waals surface area (Å²) in [5.74, 6) is -0.199. The van der Waals surface area contributed by atoms with Crippen LogP contribution in [0.4, 0.5) is 21.9 Å². The summed E-state index contributed by atoms with van der Waals surface area (Å²) in [5.41, 5.74) is 2.85. The van der Waals surface area contributed by atoms with E-state index in [1.165, 1.54) is 0 Å². The maximum atomic E-state index is 13.1. The lowest BCUT2D eigenvalue weighted by atomic mass is 10.1. The van der Waals surface area contributed by atoms with Crippen molar-refractivity contribution in [1.82, 2.24) is 14.8 Å². The van der Waals surface area contributed by atoms with Gasteiger partial charge in [0.05, 0.1) is 39.8 Å². The molecule has 1 saturated heterocycles. The van der Waals surface area contributed by atoms with Crippen LogP contribution in [0.2, 0.25) is 0 Å². The van der Waals surface area contributed by atoms with E-state index in [2.05, 4.69) is 10.3 Å². The van der Waals surface area contributed by atoms with Crippen LogP contribution < -0.4 is 9.62 Å². The quantitative estimate of drug-likeness (QED) is 0.381. The van der Waals surface area contributed by atoms with E-state index in [0.29, 0.717) is 59.9 Å². The third kappa shape index (κ3) is 5.57. The van der Waals surface area contributed by atoms with Crippen LogP contribution in [0.3, 0.4) is 0 Å². The van der Waals surface area contributed by atoms with E-state index in [1.807, 2.05) is 18.2 Å². The molecule has 3 aromatic carbocycles. The molecule has 1 N–H and O–H groups in total. The van der Waals surface area contributed by atoms with Crippen LogP contribution in [0.15, 0.2) is 85.1 Å². The molecular formula is C28H23N6O4S-. The lowest BCUT2D eigenvalue weighted by molar-refractivity contribution is 0.0671. The monoisotopic (exact) mass is 539 g/mol. The molecule has 0 spiro atoms. The zero-order valence-corrected chi connectivity index (χ0v) is 21.5. The fourth-order valence-electron chi connectivity index (χ4n) is 4.42. The molecule has 2 heterocycles. The van der Waals surface area contributed by atoms with Crippen molar-refractivity contribution < 1.29 is 18.4 Å². The van der Waals surface area contributed by atoms with Gasteiger partial charge < -0.3 is 19.7 Å². The van der Waals surface area contributed by atoms with Crippen molar-refractivity contribution in [3.63, 3.8) is 0 Å². The molecule has 196 valence electrons. The highest BCUT2D eigenvalue weighted by Crippen LogP contribution is 2.32. The highest BCUT2D eigenvalue weighted by atomic mass is 32.2. The zero-order valence-electron chi connectivity index (χ0n) is 20.7. The average molecular weight is 540 g/mol. The second-order valence-corrected chi connectivity index (χ2v) is 9.61. The number of urea groups is 1. The minimum Gasteiger partial charge on any atom is -0.755 e. The lowest BCUT2D eigenvalue weighted by Gasteiger charge is -2.35. The van der Waals surface area contributed by atoms with Crippen molar-refractivity contribution in [2.24, 2.45) is 0 Å². The molecule has 0 aliphatic carbocycles. The largest absolute Gasteiger partial charge is 0.755 e. The van der Waals surface area contributed by atoms with Crippen LogP contribution in [-0.2, 0) is 11.3 Å². The van der Waals surface area contributed by atoms with E-state index in [4.69, 9.17) is 5.26 Å². The number of nitrogens with one attached hydrogen (secondary N) is 1. The predicted molar refractivity (Wildman–Crippen MR) is 147 cm³/mol. The predicted octanol–water partition coefficient (Wildman–Crippen LogP) is 4.03. The van der Waals surface area contributed by atoms with Crippen LogP contribution in [0, 0.1) is 11.3 Å². The molecule has 1 unspecified atom stereocenters. The molecule has 5 rings (SSSR count). The maximum Gasteiger partial charge on any atom is 0.321 e. The number of para-hydroxylation sites is 1. The number of amides is 3. The number of hydrogen-bond donors (Lipinski definition) is 1. The molecule has 1 aliphatic heterocycles. The summed E-state index contributed by atoms with van der Waals surface area (Å²) in [7, 11) is 0. The molecule has 39 heavy (non-hydrogen) atoms. The Bertz CT molecular complexity index is 1570. The molecule has 1 aromatic heterocycles. The van der Waals surface area contributed by atoms with Gasteiger partial charge in [0.1, 0.15) is 0 Å². The normalized spacial score (nSPS) is 13.9. The van der Waals surface area contributed by atoms with Gasteiger partial charge in [-0.3, -0.25) is 18.3 Å². The van der Waals surface area contributed by atoms with Gasteiger partial charge in [0.25, 0.3) is 5.91 Å². The number of benzene rings is 3. The van der Waals surface area contributed by atoms with Crippen LogP contribution in [0.25, 0.3) is 10.9 Å². The first-order chi connectivity index (χ1) is 18.9. The first-order valence-electron chi connectivity index (χ1n) is 12.1. The minimum absolute atomic E-state index is 0.199. The van der Waals surface area contributed by atoms with Gasteiger partial charge in [-0.25, -0.2) is 4.79 Å². The summed E-state index contributed by atoms with van der Waals surface area (Å²) in [4.78, 5) is 33.4. The first-order valence-corrected chi connectivity index (χ1v) is 13.2. The minimum atomic E-state index is -2.62. The third-order valence-electron chi connectivity index (χ3n) is 6.45. The number of carbonyl (C=O) groups is 2. The Hall–Kier alpha value is -4.79. The summed E-state index contributed by atoms with van der Waals surface area (Å²) >= 11 is -2.62. The van der Waals surface area contributed by atoms with Gasteiger partial charge >= 0.3 is 6.03 Å². The molecule has 4 aromatic rings. The van der Waals surface area contributed by atoms with Gasteiger partial charge in [0.15, 0.2) is 0 Å². The standard InChI is InChI=1S/C28H24N6O4S/c29-19-20-6-10-23(11-7-20)31-28(36)33-17-15-32(16-18-33)27(35)22-8-12-24(13-9-22)34(39(37)38)25-5-1-3-21-4-2-14-30-26(21)25/h1-14H,15-18H2,(H,31,36)(H,37,38)/p-1. The van der Waals surface area contributed by atoms with Gasteiger partial charge in [-0.1, -0.05) is 18.2 Å². The number of nitrogens with zero attached hydrogens (tertiary/aromatic N) is 5. The van der Waals surface area contributed by atoms with E-state index in [0.717, 1.165) is 9.69 Å². The molecule has 3 amide bonds. The Balaban J connectivity index is 1.24. The second kappa shape index (κ2) is 11.3. The Labute approximate surface area is 227 Å². The summed E-state index contributed by atoms with van der Waals surface area (Å²) < 4.78 is 25.6. The molecule has 11 heteroatoms. The highest BCUT2D eigenvalue weighted by molar-refractivity contribution is 7.81. The topological polar surface area (TPSA) is 133 Å². The molecular weight excluding hydrogens is 516 g/mol. The van der Waals surface area contributed by atoms with Gasteiger partial charge in [-0.05, 0) is 60.7 Å². The first kappa shape index (κ1) is 25.8. The van der Waals surface area contributed by atoms with Gasteiger partial charge in [-0.2, -0.15) is 5.26 Å². The van der Waals surface area contributed by atoms with E-state index >= 15 is 0 Å². The van der Waals surface area contributed by atoms with Crippen LogP contribution in [0.5, 0.6) is 0 Å². The molecule has 1 atom stereocenters. The summed E-state index contributed by atoms with van der Waals surface area (Å²) in [6, 6.07) is 23.7. The second-order valence-electron chi connectivity index (χ2n) is 8.81. The number of rotatable bonds is 5. The Morgan fingerprint density at radius 3 is 2.26 bits per heavy atom. The van der Waals surface area contributed by atoms with E-state index in [9.17, 15) is 18.4 Å². The highest BCUT2D eigenvalue weighted by Gasteiger charge is 2.25. The van der Waals surface area contributed by atoms with Crippen LogP contribution >= 0.6 is 0 Å². The van der Waals surface area contributed by atoms with Gasteiger partial charge in [0, 0.05) is 49.0 Å². The fourth-order valence-corrected chi connectivity index (χ4v) is 5.02. The van der Waals surface area contributed by atoms with Crippen molar-refractivity contribution in [2.45, 2.75) is 0 Å². The third-order valence-corrected chi connectivity index (χ3v) is 7.15. The number of aromatic nitrogens is 1. The summed E-state index contributed by atoms with van der Waals surface area (Å²) in [5, 5.41) is 12.5. The number of pyridine rings is 1. The van der Waals surface area contributed by atoms with Crippen molar-refractivity contribution in [1.29, 1.82) is 5.26 Å². The van der Waals surface area contributed by atoms with Crippen molar-refractivity contribution in [3.05, 3.63) is 96.2 Å². The number of hydrogen-bond acceptors (Lipinski definition) is 6. The maximum absolute atomic E-state index is 13.1. The smallest absolute Gasteiger partial charge is 0.321 e. The number of fused-ring (bicyclic) bond motifs is 1. The van der Waals surface area contributed by atoms with Crippen LogP contribution in [-0.4, -0.2) is 61.7 Å². The number of piperazine rings is 1. The number of carbonyl (C=O) groups excluding carboxylic acids is 2. The SMILES string of the molecule is N#Cc1ccc(NC(=O)N2CCN(C(=O)c3ccc(N(c4cccc5cccnc45)S(=O)[O-])cc3)CC2)cc1. The zero-order chi connectivity index (χ0) is 27.4. The summed E-state index contributed by atoms with van der Waals surface area (Å²) in [6.07, 6.45) is 1.61. The molecule has 1 aliphatic rings. The Morgan fingerprint density at radius 2 is 1.59 bits per heavy atom. The molecule has 10 nitrogen and oxygen atoms in total. The van der Waals surface area contributed by atoms with E-state index < -0.39 is 11.3 Å².